The Bertz CT molecular complexity index is 1230. The summed E-state index contributed by atoms with van der Waals surface area (Å²) in [5, 5.41) is 5.30. The molecule has 35 heavy (non-hydrogen) atoms. The van der Waals surface area contributed by atoms with Gasteiger partial charge in [-0.2, -0.15) is 0 Å². The van der Waals surface area contributed by atoms with Crippen LogP contribution in [-0.4, -0.2) is 34.9 Å². The predicted molar refractivity (Wildman–Crippen MR) is 133 cm³/mol. The Hall–Kier alpha value is -4.24. The lowest BCUT2D eigenvalue weighted by molar-refractivity contribution is 0.0997. The van der Waals surface area contributed by atoms with E-state index in [1.54, 1.807) is 0 Å². The van der Waals surface area contributed by atoms with Gasteiger partial charge in [-0.25, -0.2) is 0 Å². The molecule has 0 aliphatic heterocycles. The van der Waals surface area contributed by atoms with Gasteiger partial charge < -0.3 is 10.6 Å². The van der Waals surface area contributed by atoms with E-state index in [9.17, 15) is 28.8 Å². The van der Waals surface area contributed by atoms with Gasteiger partial charge in [0, 0.05) is 33.6 Å². The quantitative estimate of drug-likeness (QED) is 0.425. The van der Waals surface area contributed by atoms with E-state index in [1.807, 2.05) is 0 Å². The van der Waals surface area contributed by atoms with E-state index in [0.717, 1.165) is 11.3 Å². The summed E-state index contributed by atoms with van der Waals surface area (Å²) in [6.45, 7) is 5.45. The summed E-state index contributed by atoms with van der Waals surface area (Å²) < 4.78 is 0. The molecule has 0 radical (unpaired) electrons. The van der Waals surface area contributed by atoms with Gasteiger partial charge in [-0.05, 0) is 76.2 Å². The van der Waals surface area contributed by atoms with Crippen molar-refractivity contribution in [3.63, 3.8) is 0 Å². The highest BCUT2D eigenvalue weighted by atomic mass is 32.1. The Labute approximate surface area is 205 Å². The third kappa shape index (κ3) is 6.21. The van der Waals surface area contributed by atoms with Crippen molar-refractivity contribution < 1.29 is 28.8 Å². The summed E-state index contributed by atoms with van der Waals surface area (Å²) in [4.78, 5) is 73.0. The predicted octanol–water partition coefficient (Wildman–Crippen LogP) is 5.06. The molecule has 1 heterocycles. The van der Waals surface area contributed by atoms with Gasteiger partial charge in [-0.1, -0.05) is 0 Å². The lowest BCUT2D eigenvalue weighted by Crippen LogP contribution is -2.12. The molecule has 0 spiro atoms. The molecular formula is C26H22N2O6S. The van der Waals surface area contributed by atoms with Crippen molar-refractivity contribution in [2.45, 2.75) is 27.7 Å². The van der Waals surface area contributed by atoms with Gasteiger partial charge in [0.25, 0.3) is 11.8 Å². The average Bonchev–Trinajstić information content (AvgIpc) is 3.29. The first-order chi connectivity index (χ1) is 16.4. The van der Waals surface area contributed by atoms with Crippen LogP contribution in [0.25, 0.3) is 0 Å². The van der Waals surface area contributed by atoms with Crippen LogP contribution in [0.5, 0.6) is 0 Å². The first-order valence-electron chi connectivity index (χ1n) is 10.5. The zero-order valence-electron chi connectivity index (χ0n) is 19.5. The summed E-state index contributed by atoms with van der Waals surface area (Å²) >= 11 is 0.938. The highest BCUT2D eigenvalue weighted by molar-refractivity contribution is 7.16. The topological polar surface area (TPSA) is 126 Å². The fourth-order valence-electron chi connectivity index (χ4n) is 3.18. The number of carbonyl (C=O) groups excluding carboxylic acids is 6. The third-order valence-electron chi connectivity index (χ3n) is 5.06. The van der Waals surface area contributed by atoms with Crippen LogP contribution in [0, 0.1) is 0 Å². The number of hydrogen-bond acceptors (Lipinski definition) is 7. The first kappa shape index (κ1) is 25.4. The third-order valence-corrected chi connectivity index (χ3v) is 6.14. The maximum Gasteiger partial charge on any atom is 0.265 e. The lowest BCUT2D eigenvalue weighted by atomic mass is 10.0. The Morgan fingerprint density at radius 3 is 1.06 bits per heavy atom. The number of anilines is 2. The molecule has 0 saturated carbocycles. The number of rotatable bonds is 8. The molecule has 2 N–H and O–H groups in total. The van der Waals surface area contributed by atoms with Crippen molar-refractivity contribution in [2.24, 2.45) is 0 Å². The van der Waals surface area contributed by atoms with Crippen molar-refractivity contribution in [1.82, 2.24) is 0 Å². The molecule has 8 nitrogen and oxygen atoms in total. The van der Waals surface area contributed by atoms with Gasteiger partial charge in [-0.3, -0.25) is 28.8 Å². The van der Waals surface area contributed by atoms with E-state index in [4.69, 9.17) is 0 Å². The smallest absolute Gasteiger partial charge is 0.265 e. The number of hydrogen-bond donors (Lipinski definition) is 2. The van der Waals surface area contributed by atoms with E-state index in [1.165, 1.54) is 76.2 Å². The maximum absolute atomic E-state index is 12.7. The van der Waals surface area contributed by atoms with Gasteiger partial charge in [0.05, 0.1) is 9.75 Å². The second kappa shape index (κ2) is 10.4. The molecule has 0 unspecified atom stereocenters. The lowest BCUT2D eigenvalue weighted by Gasteiger charge is -2.08. The van der Waals surface area contributed by atoms with E-state index < -0.39 is 11.8 Å². The summed E-state index contributed by atoms with van der Waals surface area (Å²) in [5.74, 6) is -2.02. The SMILES string of the molecule is CC(=O)c1cc(NC(=O)c2ccc(C(=O)Nc3cc(C(C)=O)cc(C(C)=O)c3)s2)cc(C(C)=O)c1. The average molecular weight is 491 g/mol. The van der Waals surface area contributed by atoms with E-state index in [0.29, 0.717) is 0 Å². The van der Waals surface area contributed by atoms with Gasteiger partial charge in [0.2, 0.25) is 0 Å². The largest absolute Gasteiger partial charge is 0.321 e. The van der Waals surface area contributed by atoms with Crippen LogP contribution in [-0.2, 0) is 0 Å². The minimum Gasteiger partial charge on any atom is -0.321 e. The minimum absolute atomic E-state index is 0.231. The van der Waals surface area contributed by atoms with Crippen molar-refractivity contribution in [2.75, 3.05) is 10.6 Å². The van der Waals surface area contributed by atoms with E-state index in [2.05, 4.69) is 10.6 Å². The zero-order valence-corrected chi connectivity index (χ0v) is 20.3. The summed E-state index contributed by atoms with van der Waals surface area (Å²) in [6, 6.07) is 11.8. The zero-order chi connectivity index (χ0) is 25.9. The molecule has 9 heteroatoms. The van der Waals surface area contributed by atoms with Crippen LogP contribution in [0.2, 0.25) is 0 Å². The van der Waals surface area contributed by atoms with Crippen LogP contribution in [0.3, 0.4) is 0 Å². The molecule has 0 bridgehead atoms. The van der Waals surface area contributed by atoms with Crippen LogP contribution >= 0.6 is 11.3 Å². The molecule has 0 atom stereocenters. The van der Waals surface area contributed by atoms with Crippen LogP contribution in [0.1, 0.15) is 88.5 Å². The number of ketones is 4. The molecule has 0 aliphatic carbocycles. The molecule has 0 fully saturated rings. The normalized spacial score (nSPS) is 10.4. The van der Waals surface area contributed by atoms with Crippen molar-refractivity contribution in [3.8, 4) is 0 Å². The van der Waals surface area contributed by atoms with Gasteiger partial charge in [0.15, 0.2) is 23.1 Å². The fourth-order valence-corrected chi connectivity index (χ4v) is 3.98. The number of carbonyl (C=O) groups is 6. The summed E-state index contributed by atoms with van der Waals surface area (Å²) in [6.07, 6.45) is 0. The molecule has 1 aromatic heterocycles. The molecule has 0 saturated heterocycles. The Morgan fingerprint density at radius 1 is 0.514 bits per heavy atom. The number of benzene rings is 2. The number of Topliss-reactive ketones (excluding diaryl/α,β-unsaturated/α-hetero) is 4. The van der Waals surface area contributed by atoms with Crippen LogP contribution in [0.15, 0.2) is 48.5 Å². The highest BCUT2D eigenvalue weighted by Crippen LogP contribution is 2.23. The summed E-state index contributed by atoms with van der Waals surface area (Å²) in [5.41, 5.74) is 1.72. The molecule has 2 aromatic carbocycles. The second-order valence-corrected chi connectivity index (χ2v) is 8.98. The molecule has 2 amide bonds. The van der Waals surface area contributed by atoms with E-state index in [-0.39, 0.29) is 66.5 Å². The molecule has 178 valence electrons. The Balaban J connectivity index is 1.80. The molecule has 0 aliphatic rings. The number of thiophene rings is 1. The Kier molecular flexibility index (Phi) is 7.51. The number of amides is 2. The highest BCUT2D eigenvalue weighted by Gasteiger charge is 2.17. The van der Waals surface area contributed by atoms with Crippen LogP contribution in [0.4, 0.5) is 11.4 Å². The second-order valence-electron chi connectivity index (χ2n) is 7.89. The Morgan fingerprint density at radius 2 is 0.800 bits per heavy atom. The minimum atomic E-state index is -0.512. The van der Waals surface area contributed by atoms with Crippen molar-refractivity contribution >= 4 is 57.7 Å². The van der Waals surface area contributed by atoms with Gasteiger partial charge >= 0.3 is 0 Å². The molecule has 3 aromatic rings. The summed E-state index contributed by atoms with van der Waals surface area (Å²) in [7, 11) is 0. The fraction of sp³-hybridized carbons (Fsp3) is 0.154. The molecule has 3 rings (SSSR count). The van der Waals surface area contributed by atoms with Gasteiger partial charge in [-0.15, -0.1) is 11.3 Å². The molecular weight excluding hydrogens is 468 g/mol. The monoisotopic (exact) mass is 490 g/mol. The standard InChI is InChI=1S/C26H22N2O6S/c1-13(29)17-7-18(14(2)30)10-21(9-17)27-25(33)23-5-6-24(35-23)26(34)28-22-11-19(15(3)31)8-20(12-22)16(4)32/h5-12H,1-4H3,(H,27,33)(H,28,34). The maximum atomic E-state index is 12.7. The van der Waals surface area contributed by atoms with Gasteiger partial charge in [0.1, 0.15) is 0 Å². The van der Waals surface area contributed by atoms with E-state index >= 15 is 0 Å². The first-order valence-corrected chi connectivity index (χ1v) is 11.3. The van der Waals surface area contributed by atoms with Crippen LogP contribution < -0.4 is 10.6 Å². The van der Waals surface area contributed by atoms with Crippen molar-refractivity contribution in [3.05, 3.63) is 80.5 Å². The number of nitrogens with one attached hydrogen (secondary N) is 2. The van der Waals surface area contributed by atoms with Crippen molar-refractivity contribution in [1.29, 1.82) is 0 Å².